The molecule has 0 saturated carbocycles. The number of anilines is 1. The molecule has 2 N–H and O–H groups in total. The van der Waals surface area contributed by atoms with E-state index in [1.807, 2.05) is 0 Å². The number of nitrogens with one attached hydrogen (secondary N) is 2. The van der Waals surface area contributed by atoms with Crippen molar-refractivity contribution in [2.45, 2.75) is 24.1 Å². The molecule has 4 aromatic rings. The maximum Gasteiger partial charge on any atom is 0.418 e. The van der Waals surface area contributed by atoms with Crippen LogP contribution in [-0.4, -0.2) is 38.9 Å². The second-order valence-corrected chi connectivity index (χ2v) is 10.1. The summed E-state index contributed by atoms with van der Waals surface area (Å²) in [7, 11) is 0. The lowest BCUT2D eigenvalue weighted by atomic mass is 10.1. The number of rotatable bonds is 10. The maximum atomic E-state index is 13.4. The Morgan fingerprint density at radius 2 is 1.60 bits per heavy atom. The molecule has 0 fully saturated rings. The molecular formula is C27H20ClF6N5O3S. The van der Waals surface area contributed by atoms with Crippen LogP contribution < -0.4 is 15.4 Å². The van der Waals surface area contributed by atoms with Gasteiger partial charge in [0.15, 0.2) is 17.6 Å². The molecule has 1 heterocycles. The average Bonchev–Trinajstić information content (AvgIpc) is 3.37. The number of ether oxygens (including phenoxy) is 1. The summed E-state index contributed by atoms with van der Waals surface area (Å²) in [5.41, 5.74) is -2.49. The van der Waals surface area contributed by atoms with E-state index < -0.39 is 46.7 Å². The monoisotopic (exact) mass is 643 g/mol. The molecule has 2 amide bonds. The number of thioether (sulfide) groups is 1. The van der Waals surface area contributed by atoms with Gasteiger partial charge in [-0.3, -0.25) is 14.2 Å². The number of benzene rings is 3. The van der Waals surface area contributed by atoms with Crippen LogP contribution in [-0.2, 0) is 28.5 Å². The Bertz CT molecular complexity index is 1600. The highest BCUT2D eigenvalue weighted by molar-refractivity contribution is 7.99. The number of hydrogen-bond acceptors (Lipinski definition) is 6. The van der Waals surface area contributed by atoms with Gasteiger partial charge in [0.1, 0.15) is 5.75 Å². The van der Waals surface area contributed by atoms with Gasteiger partial charge in [-0.2, -0.15) is 26.3 Å². The number of carbonyl (C=O) groups is 2. The summed E-state index contributed by atoms with van der Waals surface area (Å²) in [6, 6.07) is 14.9. The molecule has 0 bridgehead atoms. The minimum atomic E-state index is -4.71. The quantitative estimate of drug-likeness (QED) is 0.154. The number of amides is 2. The molecular weight excluding hydrogens is 624 g/mol. The van der Waals surface area contributed by atoms with Crippen LogP contribution in [0.5, 0.6) is 5.75 Å². The van der Waals surface area contributed by atoms with Crippen molar-refractivity contribution in [3.8, 4) is 11.4 Å². The Hall–Kier alpha value is -4.24. The summed E-state index contributed by atoms with van der Waals surface area (Å²) in [5, 5.41) is 13.1. The zero-order valence-corrected chi connectivity index (χ0v) is 23.2. The number of para-hydroxylation sites is 1. The average molecular weight is 644 g/mol. The first-order valence-electron chi connectivity index (χ1n) is 12.2. The van der Waals surface area contributed by atoms with Crippen molar-refractivity contribution in [1.29, 1.82) is 0 Å². The van der Waals surface area contributed by atoms with E-state index >= 15 is 0 Å². The second-order valence-electron chi connectivity index (χ2n) is 8.68. The van der Waals surface area contributed by atoms with Crippen LogP contribution in [0.4, 0.5) is 32.0 Å². The number of nitrogens with zero attached hydrogens (tertiary/aromatic N) is 3. The summed E-state index contributed by atoms with van der Waals surface area (Å²) in [4.78, 5) is 24.9. The van der Waals surface area contributed by atoms with Gasteiger partial charge in [0.25, 0.3) is 5.91 Å². The van der Waals surface area contributed by atoms with Crippen molar-refractivity contribution in [3.05, 3.63) is 94.8 Å². The molecule has 226 valence electrons. The maximum absolute atomic E-state index is 13.4. The number of aromatic nitrogens is 3. The van der Waals surface area contributed by atoms with Crippen LogP contribution >= 0.6 is 23.4 Å². The molecule has 4 rings (SSSR count). The highest BCUT2D eigenvalue weighted by atomic mass is 35.5. The SMILES string of the molecule is O=C(COc1ccc(Cl)cc1)NCc1nnc(SCC(=O)Nc2ccccc2C(F)(F)F)n1-c1cccc(C(F)(F)F)c1. The first kappa shape index (κ1) is 31.7. The molecule has 0 saturated heterocycles. The van der Waals surface area contributed by atoms with E-state index in [1.54, 1.807) is 24.3 Å². The molecule has 43 heavy (non-hydrogen) atoms. The number of halogens is 7. The van der Waals surface area contributed by atoms with Gasteiger partial charge < -0.3 is 15.4 Å². The van der Waals surface area contributed by atoms with Gasteiger partial charge in [-0.1, -0.05) is 41.6 Å². The standard InChI is InChI=1S/C27H20ClF6N5O3S/c28-17-8-10-19(11-9-17)42-14-23(40)35-13-22-37-38-25(39(22)18-5-3-4-16(12-18)26(29,30)31)43-15-24(41)36-21-7-2-1-6-20(21)27(32,33)34/h1-12H,13-15H2,(H,35,40)(H,36,41). The lowest BCUT2D eigenvalue weighted by Crippen LogP contribution is -2.29. The summed E-state index contributed by atoms with van der Waals surface area (Å²) in [6.45, 7) is -0.668. The first-order valence-corrected chi connectivity index (χ1v) is 13.5. The summed E-state index contributed by atoms with van der Waals surface area (Å²) in [5.74, 6) is -1.46. The molecule has 1 aromatic heterocycles. The van der Waals surface area contributed by atoms with Crippen molar-refractivity contribution in [1.82, 2.24) is 20.1 Å². The van der Waals surface area contributed by atoms with Crippen LogP contribution in [0.2, 0.25) is 5.02 Å². The smallest absolute Gasteiger partial charge is 0.418 e. The third-order valence-corrected chi connectivity index (χ3v) is 6.78. The number of alkyl halides is 6. The fourth-order valence-electron chi connectivity index (χ4n) is 3.65. The van der Waals surface area contributed by atoms with E-state index in [9.17, 15) is 35.9 Å². The Kier molecular flexibility index (Phi) is 9.86. The molecule has 8 nitrogen and oxygen atoms in total. The van der Waals surface area contributed by atoms with Gasteiger partial charge in [-0.05, 0) is 54.6 Å². The molecule has 0 aliphatic heterocycles. The fourth-order valence-corrected chi connectivity index (χ4v) is 4.55. The summed E-state index contributed by atoms with van der Waals surface area (Å²) in [6.07, 6.45) is -9.38. The van der Waals surface area contributed by atoms with E-state index in [1.165, 1.54) is 22.8 Å². The van der Waals surface area contributed by atoms with Gasteiger partial charge in [0.2, 0.25) is 5.91 Å². The van der Waals surface area contributed by atoms with E-state index in [0.29, 0.717) is 10.8 Å². The van der Waals surface area contributed by atoms with Crippen molar-refractivity contribution < 1.29 is 40.7 Å². The molecule has 3 aromatic carbocycles. The first-order chi connectivity index (χ1) is 20.3. The lowest BCUT2D eigenvalue weighted by Gasteiger charge is -2.14. The molecule has 0 atom stereocenters. The van der Waals surface area contributed by atoms with E-state index in [0.717, 1.165) is 42.1 Å². The Labute approximate surface area is 249 Å². The molecule has 0 unspecified atom stereocenters. The minimum absolute atomic E-state index is 0.0180. The number of carbonyl (C=O) groups excluding carboxylic acids is 2. The fraction of sp³-hybridized carbons (Fsp3) is 0.185. The predicted molar refractivity (Wildman–Crippen MR) is 146 cm³/mol. The molecule has 0 aliphatic carbocycles. The normalized spacial score (nSPS) is 11.7. The third kappa shape index (κ3) is 8.64. The second kappa shape index (κ2) is 13.4. The van der Waals surface area contributed by atoms with E-state index in [2.05, 4.69) is 20.8 Å². The Balaban J connectivity index is 1.51. The van der Waals surface area contributed by atoms with Crippen LogP contribution in [0.3, 0.4) is 0 Å². The van der Waals surface area contributed by atoms with Gasteiger partial charge in [0.05, 0.1) is 34.8 Å². The summed E-state index contributed by atoms with van der Waals surface area (Å²) >= 11 is 6.54. The molecule has 0 aliphatic rings. The van der Waals surface area contributed by atoms with Crippen LogP contribution in [0.15, 0.2) is 78.0 Å². The van der Waals surface area contributed by atoms with Gasteiger partial charge in [-0.25, -0.2) is 0 Å². The van der Waals surface area contributed by atoms with E-state index in [4.69, 9.17) is 16.3 Å². The molecule has 0 radical (unpaired) electrons. The van der Waals surface area contributed by atoms with Crippen molar-refractivity contribution in [2.24, 2.45) is 0 Å². The van der Waals surface area contributed by atoms with Crippen LogP contribution in [0, 0.1) is 0 Å². The Morgan fingerprint density at radius 1 is 0.884 bits per heavy atom. The topological polar surface area (TPSA) is 98.1 Å². The minimum Gasteiger partial charge on any atom is -0.484 e. The Morgan fingerprint density at radius 3 is 2.30 bits per heavy atom. The van der Waals surface area contributed by atoms with Crippen molar-refractivity contribution in [3.63, 3.8) is 0 Å². The molecule has 0 spiro atoms. The predicted octanol–water partition coefficient (Wildman–Crippen LogP) is 6.38. The zero-order chi connectivity index (χ0) is 31.2. The van der Waals surface area contributed by atoms with Crippen LogP contribution in [0.25, 0.3) is 5.69 Å². The third-order valence-electron chi connectivity index (χ3n) is 5.60. The van der Waals surface area contributed by atoms with E-state index in [-0.39, 0.29) is 29.8 Å². The summed E-state index contributed by atoms with van der Waals surface area (Å²) < 4.78 is 86.7. The van der Waals surface area contributed by atoms with Crippen molar-refractivity contribution in [2.75, 3.05) is 17.7 Å². The van der Waals surface area contributed by atoms with Crippen molar-refractivity contribution >= 4 is 40.9 Å². The highest BCUT2D eigenvalue weighted by Crippen LogP contribution is 2.35. The largest absolute Gasteiger partial charge is 0.484 e. The van der Waals surface area contributed by atoms with Gasteiger partial charge in [-0.15, -0.1) is 10.2 Å². The highest BCUT2D eigenvalue weighted by Gasteiger charge is 2.34. The van der Waals surface area contributed by atoms with Gasteiger partial charge >= 0.3 is 12.4 Å². The lowest BCUT2D eigenvalue weighted by molar-refractivity contribution is -0.138. The zero-order valence-electron chi connectivity index (χ0n) is 21.7. The van der Waals surface area contributed by atoms with Crippen LogP contribution in [0.1, 0.15) is 17.0 Å². The van der Waals surface area contributed by atoms with Gasteiger partial charge in [0, 0.05) is 5.02 Å². The number of hydrogen-bond donors (Lipinski definition) is 2. The molecule has 16 heteroatoms.